The van der Waals surface area contributed by atoms with Crippen LogP contribution in [0.3, 0.4) is 0 Å². The monoisotopic (exact) mass is 362 g/mol. The normalized spacial score (nSPS) is 12.0. The number of aromatic nitrogens is 2. The second-order valence-corrected chi connectivity index (χ2v) is 6.75. The van der Waals surface area contributed by atoms with Crippen LogP contribution < -0.4 is 5.32 Å². The van der Waals surface area contributed by atoms with Crippen molar-refractivity contribution < 1.29 is 0 Å². The number of rotatable bonds is 4. The first kappa shape index (κ1) is 15.6. The molecule has 0 aliphatic carbocycles. The lowest BCUT2D eigenvalue weighted by molar-refractivity contribution is 0.387. The fraction of sp³-hybridized carbons (Fsp3) is 0.692. The zero-order chi connectivity index (χ0) is 13.9. The molecule has 0 aliphatic rings. The highest BCUT2D eigenvalue weighted by Gasteiger charge is 2.23. The predicted octanol–water partition coefficient (Wildman–Crippen LogP) is 2.87. The molecule has 0 bridgehead atoms. The van der Waals surface area contributed by atoms with Gasteiger partial charge in [0.15, 0.2) is 0 Å². The van der Waals surface area contributed by atoms with Crippen molar-refractivity contribution in [3.8, 4) is 0 Å². The molecule has 0 saturated carbocycles. The summed E-state index contributed by atoms with van der Waals surface area (Å²) in [6, 6.07) is 0. The van der Waals surface area contributed by atoms with Gasteiger partial charge in [0.2, 0.25) is 0 Å². The Morgan fingerprint density at radius 3 is 2.28 bits per heavy atom. The van der Waals surface area contributed by atoms with Gasteiger partial charge in [-0.15, -0.1) is 0 Å². The Bertz CT molecular complexity index is 410. The van der Waals surface area contributed by atoms with E-state index < -0.39 is 0 Å². The molecule has 0 fully saturated rings. The van der Waals surface area contributed by atoms with Crippen molar-refractivity contribution in [3.05, 3.63) is 15.1 Å². The summed E-state index contributed by atoms with van der Waals surface area (Å²) >= 11 is 2.34. The molecule has 0 saturated heterocycles. The number of anilines is 1. The maximum absolute atomic E-state index is 4.73. The fourth-order valence-electron chi connectivity index (χ4n) is 1.63. The highest BCUT2D eigenvalue weighted by molar-refractivity contribution is 14.1. The quantitative estimate of drug-likeness (QED) is 0.837. The van der Waals surface area contributed by atoms with Crippen LogP contribution in [0.15, 0.2) is 0 Å². The van der Waals surface area contributed by atoms with Gasteiger partial charge in [0.1, 0.15) is 11.6 Å². The SMILES string of the molecule is CCNc1nc(CN(C)C)nc(C(C)(C)C)c1I. The lowest BCUT2D eigenvalue weighted by atomic mass is 9.92. The summed E-state index contributed by atoms with van der Waals surface area (Å²) < 4.78 is 1.13. The largest absolute Gasteiger partial charge is 0.369 e. The summed E-state index contributed by atoms with van der Waals surface area (Å²) in [4.78, 5) is 11.4. The number of nitrogens with one attached hydrogen (secondary N) is 1. The standard InChI is InChI=1S/C13H23IN4/c1-7-15-12-10(14)11(13(2,3)4)16-9(17-12)8-18(5)6/h7-8H2,1-6H3,(H,15,16,17). The third-order valence-corrected chi connectivity index (χ3v) is 3.43. The van der Waals surface area contributed by atoms with Gasteiger partial charge >= 0.3 is 0 Å². The van der Waals surface area contributed by atoms with Crippen LogP contribution in [-0.2, 0) is 12.0 Å². The van der Waals surface area contributed by atoms with Crippen LogP contribution >= 0.6 is 22.6 Å². The third kappa shape index (κ3) is 4.05. The van der Waals surface area contributed by atoms with Gasteiger partial charge in [-0.05, 0) is 43.6 Å². The second kappa shape index (κ2) is 6.14. The lowest BCUT2D eigenvalue weighted by Gasteiger charge is -2.22. The van der Waals surface area contributed by atoms with E-state index in [1.54, 1.807) is 0 Å². The van der Waals surface area contributed by atoms with Crippen LogP contribution in [-0.4, -0.2) is 35.5 Å². The van der Waals surface area contributed by atoms with E-state index in [-0.39, 0.29) is 5.41 Å². The summed E-state index contributed by atoms with van der Waals surface area (Å²) in [7, 11) is 4.07. The first-order chi connectivity index (χ1) is 8.25. The van der Waals surface area contributed by atoms with Gasteiger partial charge in [0.05, 0.1) is 15.8 Å². The van der Waals surface area contributed by atoms with E-state index in [1.807, 2.05) is 14.1 Å². The maximum Gasteiger partial charge on any atom is 0.145 e. The minimum absolute atomic E-state index is 0.0324. The molecular formula is C13H23IN4. The van der Waals surface area contributed by atoms with E-state index in [9.17, 15) is 0 Å². The van der Waals surface area contributed by atoms with Gasteiger partial charge in [-0.3, -0.25) is 0 Å². The van der Waals surface area contributed by atoms with Crippen LogP contribution in [0.2, 0.25) is 0 Å². The second-order valence-electron chi connectivity index (χ2n) is 5.67. The van der Waals surface area contributed by atoms with Gasteiger partial charge in [0, 0.05) is 12.0 Å². The molecule has 102 valence electrons. The average molecular weight is 362 g/mol. The first-order valence-electron chi connectivity index (χ1n) is 6.21. The van der Waals surface area contributed by atoms with Gasteiger partial charge in [0.25, 0.3) is 0 Å². The number of nitrogens with zero attached hydrogens (tertiary/aromatic N) is 3. The summed E-state index contributed by atoms with van der Waals surface area (Å²) in [6.45, 7) is 10.3. The molecule has 1 heterocycles. The maximum atomic E-state index is 4.73. The molecule has 0 aromatic carbocycles. The van der Waals surface area contributed by atoms with Crippen LogP contribution in [0, 0.1) is 3.57 Å². The summed E-state index contributed by atoms with van der Waals surface area (Å²) in [5, 5.41) is 3.32. The summed E-state index contributed by atoms with van der Waals surface area (Å²) in [6.07, 6.45) is 0. The molecule has 18 heavy (non-hydrogen) atoms. The minimum atomic E-state index is 0.0324. The number of hydrogen-bond donors (Lipinski definition) is 1. The molecule has 5 heteroatoms. The van der Waals surface area contributed by atoms with Crippen molar-refractivity contribution in [2.24, 2.45) is 0 Å². The van der Waals surface area contributed by atoms with E-state index in [1.165, 1.54) is 0 Å². The molecule has 0 atom stereocenters. The van der Waals surface area contributed by atoms with Crippen molar-refractivity contribution in [2.45, 2.75) is 39.7 Å². The van der Waals surface area contributed by atoms with Crippen molar-refractivity contribution >= 4 is 28.4 Å². The molecule has 4 nitrogen and oxygen atoms in total. The number of hydrogen-bond acceptors (Lipinski definition) is 4. The highest BCUT2D eigenvalue weighted by atomic mass is 127. The van der Waals surface area contributed by atoms with Crippen LogP contribution in [0.5, 0.6) is 0 Å². The number of halogens is 1. The van der Waals surface area contributed by atoms with E-state index >= 15 is 0 Å². The smallest absolute Gasteiger partial charge is 0.145 e. The molecule has 0 aliphatic heterocycles. The summed E-state index contributed by atoms with van der Waals surface area (Å²) in [5.41, 5.74) is 1.15. The van der Waals surface area contributed by atoms with Crippen molar-refractivity contribution in [2.75, 3.05) is 26.0 Å². The van der Waals surface area contributed by atoms with E-state index in [4.69, 9.17) is 4.98 Å². The molecule has 0 amide bonds. The van der Waals surface area contributed by atoms with E-state index in [2.05, 4.69) is 65.5 Å². The molecule has 0 unspecified atom stereocenters. The first-order valence-corrected chi connectivity index (χ1v) is 7.29. The molecule has 1 N–H and O–H groups in total. The summed E-state index contributed by atoms with van der Waals surface area (Å²) in [5.74, 6) is 1.83. The third-order valence-electron chi connectivity index (χ3n) is 2.41. The molecule has 0 radical (unpaired) electrons. The Morgan fingerprint density at radius 2 is 1.83 bits per heavy atom. The molecule has 1 aromatic heterocycles. The zero-order valence-corrected chi connectivity index (χ0v) is 14.3. The topological polar surface area (TPSA) is 41.1 Å². The predicted molar refractivity (Wildman–Crippen MR) is 85.0 cm³/mol. The highest BCUT2D eigenvalue weighted by Crippen LogP contribution is 2.29. The Balaban J connectivity index is 3.27. The van der Waals surface area contributed by atoms with Crippen molar-refractivity contribution in [3.63, 3.8) is 0 Å². The Labute approximate surface area is 124 Å². The lowest BCUT2D eigenvalue weighted by Crippen LogP contribution is -2.22. The van der Waals surface area contributed by atoms with Gasteiger partial charge in [-0.1, -0.05) is 20.8 Å². The molecule has 1 aromatic rings. The Morgan fingerprint density at radius 1 is 1.22 bits per heavy atom. The van der Waals surface area contributed by atoms with Gasteiger partial charge in [-0.2, -0.15) is 0 Å². The Kier molecular flexibility index (Phi) is 5.33. The van der Waals surface area contributed by atoms with E-state index in [0.717, 1.165) is 34.0 Å². The van der Waals surface area contributed by atoms with Crippen LogP contribution in [0.25, 0.3) is 0 Å². The molecule has 1 rings (SSSR count). The fourth-order valence-corrected chi connectivity index (χ4v) is 2.87. The van der Waals surface area contributed by atoms with E-state index in [0.29, 0.717) is 0 Å². The zero-order valence-electron chi connectivity index (χ0n) is 12.1. The average Bonchev–Trinajstić information content (AvgIpc) is 2.20. The van der Waals surface area contributed by atoms with Crippen molar-refractivity contribution in [1.82, 2.24) is 14.9 Å². The Hall–Kier alpha value is -0.430. The van der Waals surface area contributed by atoms with Crippen LogP contribution in [0.1, 0.15) is 39.2 Å². The molecular weight excluding hydrogens is 339 g/mol. The van der Waals surface area contributed by atoms with Gasteiger partial charge < -0.3 is 10.2 Å². The minimum Gasteiger partial charge on any atom is -0.369 e. The van der Waals surface area contributed by atoms with Gasteiger partial charge in [-0.25, -0.2) is 9.97 Å². The van der Waals surface area contributed by atoms with Crippen molar-refractivity contribution in [1.29, 1.82) is 0 Å². The molecule has 0 spiro atoms. The van der Waals surface area contributed by atoms with Crippen LogP contribution in [0.4, 0.5) is 5.82 Å².